The van der Waals surface area contributed by atoms with Gasteiger partial charge in [0.25, 0.3) is 11.8 Å². The molecule has 0 radical (unpaired) electrons. The van der Waals surface area contributed by atoms with Gasteiger partial charge in [0.15, 0.2) is 5.82 Å². The van der Waals surface area contributed by atoms with E-state index in [2.05, 4.69) is 41.2 Å². The highest BCUT2D eigenvalue weighted by Gasteiger charge is 2.33. The van der Waals surface area contributed by atoms with Crippen LogP contribution in [-0.4, -0.2) is 67.8 Å². The second-order valence-electron chi connectivity index (χ2n) is 12.8. The van der Waals surface area contributed by atoms with Crippen LogP contribution in [0.3, 0.4) is 0 Å². The zero-order valence-corrected chi connectivity index (χ0v) is 29.0. The first-order chi connectivity index (χ1) is 22.8. The van der Waals surface area contributed by atoms with E-state index in [9.17, 15) is 19.2 Å². The molecule has 48 heavy (non-hydrogen) atoms. The van der Waals surface area contributed by atoms with Crippen LogP contribution in [0.15, 0.2) is 41.4 Å². The molecule has 12 heteroatoms. The summed E-state index contributed by atoms with van der Waals surface area (Å²) in [5.41, 5.74) is 3.93. The summed E-state index contributed by atoms with van der Waals surface area (Å²) < 4.78 is 7.66. The SMILES string of the molecule is Cc1sc2c(c1C)C(c1ccc(C#CCNC(=O)CCCCCN3C(=O)C=CC3=O)cc1)=N[C@@H](CC(=O)OC(C)(C)C)c1nnc(C)n1-2. The Labute approximate surface area is 284 Å². The molecule has 250 valence electrons. The predicted molar refractivity (Wildman–Crippen MR) is 183 cm³/mol. The monoisotopic (exact) mass is 668 g/mol. The van der Waals surface area contributed by atoms with Crippen LogP contribution in [0.5, 0.6) is 0 Å². The number of hydrogen-bond donors (Lipinski definition) is 1. The molecule has 1 atom stereocenters. The molecule has 0 spiro atoms. The number of hydrogen-bond acceptors (Lipinski definition) is 9. The van der Waals surface area contributed by atoms with Crippen LogP contribution in [0, 0.1) is 32.6 Å². The highest BCUT2D eigenvalue weighted by atomic mass is 32.1. The molecule has 5 rings (SSSR count). The molecular weight excluding hydrogens is 628 g/mol. The fourth-order valence-electron chi connectivity index (χ4n) is 5.54. The summed E-state index contributed by atoms with van der Waals surface area (Å²) in [6.45, 7) is 12.2. The number of aromatic nitrogens is 3. The number of carbonyl (C=O) groups excluding carboxylic acids is 4. The molecule has 2 aromatic heterocycles. The molecule has 0 bridgehead atoms. The number of imide groups is 1. The molecule has 3 amide bonds. The number of fused-ring (bicyclic) bond motifs is 3. The van der Waals surface area contributed by atoms with Crippen LogP contribution in [0.4, 0.5) is 0 Å². The normalized spacial score (nSPS) is 15.3. The summed E-state index contributed by atoms with van der Waals surface area (Å²) in [6.07, 6.45) is 4.99. The highest BCUT2D eigenvalue weighted by molar-refractivity contribution is 7.15. The number of unbranched alkanes of at least 4 members (excludes halogenated alkanes) is 2. The van der Waals surface area contributed by atoms with Crippen molar-refractivity contribution < 1.29 is 23.9 Å². The summed E-state index contributed by atoms with van der Waals surface area (Å²) >= 11 is 1.65. The van der Waals surface area contributed by atoms with E-state index in [0.717, 1.165) is 50.1 Å². The molecule has 11 nitrogen and oxygen atoms in total. The number of aryl methyl sites for hydroxylation is 2. The number of aliphatic imine (C=N–C) groups is 1. The fraction of sp³-hybridized carbons (Fsp3) is 0.417. The van der Waals surface area contributed by atoms with Gasteiger partial charge in [-0.25, -0.2) is 0 Å². The summed E-state index contributed by atoms with van der Waals surface area (Å²) in [4.78, 5) is 55.9. The number of benzene rings is 1. The zero-order valence-electron chi connectivity index (χ0n) is 28.2. The minimum atomic E-state index is -0.623. The molecule has 3 aromatic rings. The van der Waals surface area contributed by atoms with E-state index in [4.69, 9.17) is 9.73 Å². The van der Waals surface area contributed by atoms with Crippen molar-refractivity contribution in [2.75, 3.05) is 13.1 Å². The number of ether oxygens (including phenoxy) is 1. The molecular formula is C36H40N6O5S. The van der Waals surface area contributed by atoms with E-state index in [1.54, 1.807) is 11.3 Å². The van der Waals surface area contributed by atoms with Gasteiger partial charge < -0.3 is 10.1 Å². The van der Waals surface area contributed by atoms with E-state index in [1.165, 1.54) is 17.1 Å². The van der Waals surface area contributed by atoms with E-state index in [-0.39, 0.29) is 36.7 Å². The number of nitrogens with zero attached hydrogens (tertiary/aromatic N) is 5. The van der Waals surface area contributed by atoms with Gasteiger partial charge in [0.2, 0.25) is 5.91 Å². The lowest BCUT2D eigenvalue weighted by molar-refractivity contribution is -0.155. The third kappa shape index (κ3) is 7.97. The lowest BCUT2D eigenvalue weighted by atomic mass is 9.98. The average molecular weight is 669 g/mol. The first-order valence-corrected chi connectivity index (χ1v) is 16.9. The fourth-order valence-corrected chi connectivity index (χ4v) is 6.75. The maximum absolute atomic E-state index is 13.0. The molecule has 1 aromatic carbocycles. The Morgan fingerprint density at radius 3 is 2.40 bits per heavy atom. The minimum Gasteiger partial charge on any atom is -0.460 e. The Hall–Kier alpha value is -4.89. The van der Waals surface area contributed by atoms with E-state index < -0.39 is 11.6 Å². The van der Waals surface area contributed by atoms with Gasteiger partial charge >= 0.3 is 5.97 Å². The number of esters is 1. The summed E-state index contributed by atoms with van der Waals surface area (Å²) in [5, 5.41) is 12.6. The van der Waals surface area contributed by atoms with E-state index in [0.29, 0.717) is 31.6 Å². The van der Waals surface area contributed by atoms with Gasteiger partial charge in [-0.15, -0.1) is 21.5 Å². The van der Waals surface area contributed by atoms with Crippen LogP contribution >= 0.6 is 11.3 Å². The average Bonchev–Trinajstić information content (AvgIpc) is 3.63. The van der Waals surface area contributed by atoms with Crippen molar-refractivity contribution in [2.24, 2.45) is 4.99 Å². The maximum Gasteiger partial charge on any atom is 0.308 e. The molecule has 0 aliphatic carbocycles. The summed E-state index contributed by atoms with van der Waals surface area (Å²) in [5.74, 6) is 6.43. The van der Waals surface area contributed by atoms with Crippen molar-refractivity contribution >= 4 is 40.7 Å². The Morgan fingerprint density at radius 2 is 1.71 bits per heavy atom. The van der Waals surface area contributed by atoms with Crippen LogP contribution < -0.4 is 5.32 Å². The first-order valence-electron chi connectivity index (χ1n) is 16.0. The lowest BCUT2D eigenvalue weighted by Gasteiger charge is -2.21. The van der Waals surface area contributed by atoms with Crippen LogP contribution in [-0.2, 0) is 23.9 Å². The summed E-state index contributed by atoms with van der Waals surface area (Å²) in [7, 11) is 0. The van der Waals surface area contributed by atoms with E-state index in [1.807, 2.05) is 56.5 Å². The van der Waals surface area contributed by atoms with Gasteiger partial charge in [0.05, 0.1) is 18.7 Å². The molecule has 0 fully saturated rings. The van der Waals surface area contributed by atoms with Crippen molar-refractivity contribution in [1.29, 1.82) is 0 Å². The van der Waals surface area contributed by atoms with Gasteiger partial charge in [0, 0.05) is 46.7 Å². The Morgan fingerprint density at radius 1 is 1.00 bits per heavy atom. The standard InChI is InChI=1S/C36H40N6O5S/c1-22-23(2)48-35-32(22)33(38-27(21-31(46)47-36(4,5)6)34-40-39-24(3)42(34)35)26-15-13-25(14-16-26)11-10-19-37-28(43)12-8-7-9-20-41-29(44)17-18-30(41)45/h13-18,27H,7-9,12,19-21H2,1-6H3,(H,37,43)/t27-/m0/s1. The van der Waals surface area contributed by atoms with Crippen molar-refractivity contribution in [2.45, 2.75) is 85.3 Å². The number of carbonyl (C=O) groups is 4. The predicted octanol–water partition coefficient (Wildman–Crippen LogP) is 4.83. The number of nitrogens with one attached hydrogen (secondary N) is 1. The van der Waals surface area contributed by atoms with Gasteiger partial charge in [0.1, 0.15) is 22.5 Å². The number of thiophene rings is 1. The van der Waals surface area contributed by atoms with Gasteiger partial charge in [-0.1, -0.05) is 30.4 Å². The Kier molecular flexibility index (Phi) is 10.4. The molecule has 4 heterocycles. The molecule has 2 aliphatic rings. The van der Waals surface area contributed by atoms with Crippen molar-refractivity contribution in [3.8, 4) is 16.8 Å². The second kappa shape index (κ2) is 14.5. The smallest absolute Gasteiger partial charge is 0.308 e. The third-order valence-electron chi connectivity index (χ3n) is 7.97. The summed E-state index contributed by atoms with van der Waals surface area (Å²) in [6, 6.07) is 7.20. The molecule has 2 aliphatic heterocycles. The van der Waals surface area contributed by atoms with Crippen LogP contribution in [0.25, 0.3) is 5.00 Å². The second-order valence-corrected chi connectivity index (χ2v) is 14.0. The molecule has 0 saturated carbocycles. The molecule has 0 saturated heterocycles. The highest BCUT2D eigenvalue weighted by Crippen LogP contribution is 2.39. The lowest BCUT2D eigenvalue weighted by Crippen LogP contribution is -2.30. The Bertz CT molecular complexity index is 1850. The molecule has 0 unspecified atom stereocenters. The van der Waals surface area contributed by atoms with Crippen LogP contribution in [0.2, 0.25) is 0 Å². The largest absolute Gasteiger partial charge is 0.460 e. The third-order valence-corrected chi connectivity index (χ3v) is 9.16. The topological polar surface area (TPSA) is 136 Å². The number of amides is 3. The van der Waals surface area contributed by atoms with E-state index >= 15 is 0 Å². The minimum absolute atomic E-state index is 0.0273. The van der Waals surface area contributed by atoms with Gasteiger partial charge in [-0.2, -0.15) is 0 Å². The van der Waals surface area contributed by atoms with Crippen molar-refractivity contribution in [1.82, 2.24) is 25.0 Å². The molecule has 1 N–H and O–H groups in total. The number of rotatable bonds is 10. The van der Waals surface area contributed by atoms with Gasteiger partial charge in [-0.05, 0) is 72.1 Å². The van der Waals surface area contributed by atoms with Crippen molar-refractivity contribution in [3.05, 3.63) is 75.2 Å². The van der Waals surface area contributed by atoms with Crippen LogP contribution in [0.1, 0.15) is 97.7 Å². The Balaban J connectivity index is 1.24. The zero-order chi connectivity index (χ0) is 34.6. The van der Waals surface area contributed by atoms with Gasteiger partial charge in [-0.3, -0.25) is 33.6 Å². The van der Waals surface area contributed by atoms with Crippen molar-refractivity contribution in [3.63, 3.8) is 0 Å². The first kappa shape index (κ1) is 34.4. The quantitative estimate of drug-likeness (QED) is 0.142. The maximum atomic E-state index is 13.0.